The molecule has 0 saturated heterocycles. The molecule has 2 aromatic carbocycles. The Balaban J connectivity index is 2.03. The van der Waals surface area contributed by atoms with E-state index in [4.69, 9.17) is 4.74 Å². The van der Waals surface area contributed by atoms with Crippen LogP contribution in [0.5, 0.6) is 5.75 Å². The number of halogens is 1. The lowest BCUT2D eigenvalue weighted by Crippen LogP contribution is -2.32. The Morgan fingerprint density at radius 3 is 2.67 bits per heavy atom. The molecule has 1 amide bonds. The van der Waals surface area contributed by atoms with Crippen LogP contribution in [0.1, 0.15) is 25.8 Å². The number of ether oxygens (including phenoxy) is 1. The zero-order valence-electron chi connectivity index (χ0n) is 14.0. The predicted octanol–water partition coefficient (Wildman–Crippen LogP) is 3.73. The molecule has 0 saturated carbocycles. The van der Waals surface area contributed by atoms with Crippen LogP contribution >= 0.6 is 0 Å². The summed E-state index contributed by atoms with van der Waals surface area (Å²) in [5, 5.41) is 6.07. The Kier molecular flexibility index (Phi) is 6.75. The van der Waals surface area contributed by atoms with E-state index in [-0.39, 0.29) is 11.7 Å². The van der Waals surface area contributed by atoms with Crippen LogP contribution in [0.4, 0.5) is 10.1 Å². The van der Waals surface area contributed by atoms with Crippen molar-refractivity contribution in [3.63, 3.8) is 0 Å². The lowest BCUT2D eigenvalue weighted by Gasteiger charge is -2.18. The lowest BCUT2D eigenvalue weighted by atomic mass is 10.2. The van der Waals surface area contributed by atoms with Gasteiger partial charge in [-0.3, -0.25) is 4.79 Å². The lowest BCUT2D eigenvalue weighted by molar-refractivity contribution is -0.122. The van der Waals surface area contributed by atoms with Crippen molar-refractivity contribution in [2.45, 2.75) is 32.9 Å². The van der Waals surface area contributed by atoms with E-state index < -0.39 is 11.9 Å². The van der Waals surface area contributed by atoms with Gasteiger partial charge in [0.2, 0.25) is 0 Å². The Morgan fingerprint density at radius 2 is 1.96 bits per heavy atom. The molecule has 0 fully saturated rings. The predicted molar refractivity (Wildman–Crippen MR) is 93.6 cm³/mol. The Morgan fingerprint density at radius 1 is 1.17 bits per heavy atom. The number of benzene rings is 2. The number of carbonyl (C=O) groups is 1. The Bertz CT molecular complexity index is 676. The van der Waals surface area contributed by atoms with Crippen molar-refractivity contribution in [2.75, 3.05) is 11.9 Å². The zero-order valence-corrected chi connectivity index (χ0v) is 14.0. The maximum atomic E-state index is 13.7. The summed E-state index contributed by atoms with van der Waals surface area (Å²) >= 11 is 0. The molecule has 0 radical (unpaired) electrons. The molecule has 0 heterocycles. The van der Waals surface area contributed by atoms with Gasteiger partial charge in [0.25, 0.3) is 5.91 Å². The summed E-state index contributed by atoms with van der Waals surface area (Å²) in [6.07, 6.45) is -0.309. The highest BCUT2D eigenvalue weighted by molar-refractivity contribution is 5.94. The fraction of sp³-hybridized carbons (Fsp3) is 0.316. The highest BCUT2D eigenvalue weighted by atomic mass is 19.1. The second-order valence-corrected chi connectivity index (χ2v) is 5.42. The highest BCUT2D eigenvalue weighted by Crippen LogP contribution is 2.19. The van der Waals surface area contributed by atoms with Gasteiger partial charge in [0.1, 0.15) is 0 Å². The summed E-state index contributed by atoms with van der Waals surface area (Å²) in [5.74, 6) is -0.682. The summed E-state index contributed by atoms with van der Waals surface area (Å²) < 4.78 is 19.2. The summed E-state index contributed by atoms with van der Waals surface area (Å²) in [4.78, 5) is 12.4. The Hall–Kier alpha value is -2.40. The van der Waals surface area contributed by atoms with Crippen molar-refractivity contribution in [1.82, 2.24) is 5.32 Å². The first kappa shape index (κ1) is 17.9. The van der Waals surface area contributed by atoms with Crippen LogP contribution in [0.3, 0.4) is 0 Å². The van der Waals surface area contributed by atoms with E-state index in [2.05, 4.69) is 10.6 Å². The third-order valence-corrected chi connectivity index (χ3v) is 3.54. The first-order valence-electron chi connectivity index (χ1n) is 8.15. The molecule has 1 unspecified atom stereocenters. The van der Waals surface area contributed by atoms with Gasteiger partial charge < -0.3 is 15.4 Å². The topological polar surface area (TPSA) is 50.4 Å². The summed E-state index contributed by atoms with van der Waals surface area (Å²) in [7, 11) is 0. The number of hydrogen-bond acceptors (Lipinski definition) is 3. The molecule has 0 bridgehead atoms. The minimum Gasteiger partial charge on any atom is -0.478 e. The normalized spacial score (nSPS) is 11.8. The number of nitrogens with one attached hydrogen (secondary N) is 2. The van der Waals surface area contributed by atoms with Crippen molar-refractivity contribution in [1.29, 1.82) is 0 Å². The van der Waals surface area contributed by atoms with Crippen molar-refractivity contribution in [3.8, 4) is 5.75 Å². The first-order chi connectivity index (χ1) is 11.6. The van der Waals surface area contributed by atoms with Crippen molar-refractivity contribution in [2.24, 2.45) is 0 Å². The number of amides is 1. The van der Waals surface area contributed by atoms with E-state index in [1.54, 1.807) is 12.1 Å². The molecular weight excluding hydrogens is 307 g/mol. The summed E-state index contributed by atoms with van der Waals surface area (Å²) in [6.45, 7) is 5.48. The molecule has 24 heavy (non-hydrogen) atoms. The molecule has 0 aliphatic rings. The first-order valence-corrected chi connectivity index (χ1v) is 8.15. The van der Waals surface area contributed by atoms with E-state index in [9.17, 15) is 9.18 Å². The van der Waals surface area contributed by atoms with E-state index >= 15 is 0 Å². The number of rotatable bonds is 8. The van der Waals surface area contributed by atoms with Gasteiger partial charge in [-0.15, -0.1) is 0 Å². The third kappa shape index (κ3) is 5.06. The molecule has 128 valence electrons. The van der Waals surface area contributed by atoms with Crippen molar-refractivity contribution >= 4 is 11.6 Å². The van der Waals surface area contributed by atoms with Crippen LogP contribution in [0.15, 0.2) is 48.5 Å². The molecule has 4 nitrogen and oxygen atoms in total. The second kappa shape index (κ2) is 9.03. The average molecular weight is 330 g/mol. The SMILES string of the molecule is CCNCc1cccc(NC(=O)C(CC)Oc2ccccc2F)c1. The molecule has 2 N–H and O–H groups in total. The van der Waals surface area contributed by atoms with Crippen LogP contribution in [-0.2, 0) is 11.3 Å². The number of para-hydroxylation sites is 1. The van der Waals surface area contributed by atoms with E-state index in [1.165, 1.54) is 12.1 Å². The zero-order chi connectivity index (χ0) is 17.4. The van der Waals surface area contributed by atoms with Crippen molar-refractivity contribution < 1.29 is 13.9 Å². The Labute approximate surface area is 142 Å². The standard InChI is InChI=1S/C19H23FN2O2/c1-3-17(24-18-11-6-5-10-16(18)20)19(23)22-15-9-7-8-14(12-15)13-21-4-2/h5-12,17,21H,3-4,13H2,1-2H3,(H,22,23). The molecule has 1 atom stereocenters. The molecule has 2 rings (SSSR count). The molecule has 5 heteroatoms. The van der Waals surface area contributed by atoms with Gasteiger partial charge >= 0.3 is 0 Å². The number of anilines is 1. The largest absolute Gasteiger partial charge is 0.478 e. The number of carbonyl (C=O) groups excluding carboxylic acids is 1. The van der Waals surface area contributed by atoms with E-state index in [0.29, 0.717) is 12.1 Å². The van der Waals surface area contributed by atoms with Crippen molar-refractivity contribution in [3.05, 3.63) is 59.9 Å². The fourth-order valence-electron chi connectivity index (χ4n) is 2.27. The van der Waals surface area contributed by atoms with Gasteiger partial charge in [0.05, 0.1) is 0 Å². The molecule has 0 aromatic heterocycles. The van der Waals surface area contributed by atoms with Crippen LogP contribution in [-0.4, -0.2) is 18.6 Å². The summed E-state index contributed by atoms with van der Waals surface area (Å²) in [5.41, 5.74) is 1.78. The smallest absolute Gasteiger partial charge is 0.265 e. The van der Waals surface area contributed by atoms with Gasteiger partial charge in [-0.25, -0.2) is 4.39 Å². The van der Waals surface area contributed by atoms with Gasteiger partial charge in [-0.05, 0) is 42.8 Å². The molecule has 0 spiro atoms. The molecule has 2 aromatic rings. The minimum absolute atomic E-state index is 0.0837. The van der Waals surface area contributed by atoms with E-state index in [0.717, 1.165) is 18.7 Å². The third-order valence-electron chi connectivity index (χ3n) is 3.54. The van der Waals surface area contributed by atoms with Crippen LogP contribution in [0.2, 0.25) is 0 Å². The van der Waals surface area contributed by atoms with Crippen LogP contribution in [0, 0.1) is 5.82 Å². The molecular formula is C19H23FN2O2. The van der Waals surface area contributed by atoms with Gasteiger partial charge in [0, 0.05) is 12.2 Å². The maximum absolute atomic E-state index is 13.7. The van der Waals surface area contributed by atoms with Gasteiger partial charge in [-0.2, -0.15) is 0 Å². The minimum atomic E-state index is -0.751. The fourth-order valence-corrected chi connectivity index (χ4v) is 2.27. The average Bonchev–Trinajstić information content (AvgIpc) is 2.59. The molecule has 0 aliphatic heterocycles. The second-order valence-electron chi connectivity index (χ2n) is 5.42. The van der Waals surface area contributed by atoms with Gasteiger partial charge in [-0.1, -0.05) is 38.1 Å². The number of hydrogen-bond donors (Lipinski definition) is 2. The monoisotopic (exact) mass is 330 g/mol. The van der Waals surface area contributed by atoms with Crippen LogP contribution in [0.25, 0.3) is 0 Å². The molecule has 0 aliphatic carbocycles. The quantitative estimate of drug-likeness (QED) is 0.775. The highest BCUT2D eigenvalue weighted by Gasteiger charge is 2.20. The van der Waals surface area contributed by atoms with Gasteiger partial charge in [0.15, 0.2) is 17.7 Å². The van der Waals surface area contributed by atoms with E-state index in [1.807, 2.05) is 38.1 Å². The maximum Gasteiger partial charge on any atom is 0.265 e. The summed E-state index contributed by atoms with van der Waals surface area (Å²) in [6, 6.07) is 13.7. The van der Waals surface area contributed by atoms with Crippen LogP contribution < -0.4 is 15.4 Å².